The van der Waals surface area contributed by atoms with E-state index in [4.69, 9.17) is 4.42 Å². The summed E-state index contributed by atoms with van der Waals surface area (Å²) in [5.41, 5.74) is 0.929. The van der Waals surface area contributed by atoms with Crippen LogP contribution in [0.15, 0.2) is 33.5 Å². The molecule has 2 aromatic rings. The molecule has 0 fully saturated rings. The molecule has 102 valence electrons. The highest BCUT2D eigenvalue weighted by atomic mass is 16.4. The molecule has 0 aliphatic carbocycles. The molecule has 0 radical (unpaired) electrons. The Bertz CT molecular complexity index is 612. The molecule has 4 heteroatoms. The first kappa shape index (κ1) is 13.5. The van der Waals surface area contributed by atoms with Crippen molar-refractivity contribution in [3.63, 3.8) is 0 Å². The van der Waals surface area contributed by atoms with E-state index in [1.54, 1.807) is 6.07 Å². The number of rotatable bonds is 5. The molecule has 0 unspecified atom stereocenters. The van der Waals surface area contributed by atoms with Gasteiger partial charge in [0.15, 0.2) is 0 Å². The zero-order valence-electron chi connectivity index (χ0n) is 11.3. The topological polar surface area (TPSA) is 53.7 Å². The predicted octanol–water partition coefficient (Wildman–Crippen LogP) is 3.13. The van der Waals surface area contributed by atoms with Gasteiger partial charge in [-0.1, -0.05) is 13.8 Å². The summed E-state index contributed by atoms with van der Waals surface area (Å²) in [5.74, 6) is -0.0268. The standard InChI is InChI=1S/C15H19NO3/c1-3-7-16(8-4-2)11-5-6-14-12(9-11)13(17)10-15(18)19-14/h5-6,9-10,17H,3-4,7-8H2,1-2H3. The minimum atomic E-state index is -0.531. The quantitative estimate of drug-likeness (QED) is 0.840. The average molecular weight is 261 g/mol. The molecular weight excluding hydrogens is 242 g/mol. The molecule has 4 nitrogen and oxygen atoms in total. The summed E-state index contributed by atoms with van der Waals surface area (Å²) in [6.45, 7) is 6.22. The highest BCUT2D eigenvalue weighted by molar-refractivity contribution is 5.86. The van der Waals surface area contributed by atoms with Gasteiger partial charge in [-0.15, -0.1) is 0 Å². The van der Waals surface area contributed by atoms with Gasteiger partial charge in [-0.2, -0.15) is 0 Å². The third-order valence-corrected chi connectivity index (χ3v) is 3.06. The first-order valence-corrected chi connectivity index (χ1v) is 6.67. The van der Waals surface area contributed by atoms with Crippen molar-refractivity contribution in [2.24, 2.45) is 0 Å². The van der Waals surface area contributed by atoms with Crippen LogP contribution < -0.4 is 10.5 Å². The van der Waals surface area contributed by atoms with Gasteiger partial charge in [-0.3, -0.25) is 0 Å². The molecule has 0 aliphatic heterocycles. The second-order valence-electron chi connectivity index (χ2n) is 4.62. The molecule has 0 saturated heterocycles. The maximum absolute atomic E-state index is 11.2. The number of anilines is 1. The van der Waals surface area contributed by atoms with Crippen LogP contribution in [0, 0.1) is 0 Å². The van der Waals surface area contributed by atoms with Gasteiger partial charge in [-0.05, 0) is 31.0 Å². The lowest BCUT2D eigenvalue weighted by molar-refractivity contribution is 0.468. The Morgan fingerprint density at radius 2 is 1.84 bits per heavy atom. The molecule has 0 atom stereocenters. The van der Waals surface area contributed by atoms with E-state index in [1.165, 1.54) is 0 Å². The fourth-order valence-electron chi connectivity index (χ4n) is 2.24. The van der Waals surface area contributed by atoms with Gasteiger partial charge in [-0.25, -0.2) is 4.79 Å². The smallest absolute Gasteiger partial charge is 0.339 e. The Morgan fingerprint density at radius 1 is 1.16 bits per heavy atom. The Morgan fingerprint density at radius 3 is 2.47 bits per heavy atom. The van der Waals surface area contributed by atoms with Crippen molar-refractivity contribution in [3.05, 3.63) is 34.7 Å². The molecule has 1 N–H and O–H groups in total. The number of aromatic hydroxyl groups is 1. The van der Waals surface area contributed by atoms with Crippen molar-refractivity contribution < 1.29 is 9.52 Å². The van der Waals surface area contributed by atoms with Crippen molar-refractivity contribution in [2.75, 3.05) is 18.0 Å². The molecule has 1 heterocycles. The number of hydrogen-bond donors (Lipinski definition) is 1. The maximum Gasteiger partial charge on any atom is 0.339 e. The van der Waals surface area contributed by atoms with Gasteiger partial charge < -0.3 is 14.4 Å². The van der Waals surface area contributed by atoms with Crippen LogP contribution in [0.5, 0.6) is 5.75 Å². The molecular formula is C15H19NO3. The number of fused-ring (bicyclic) bond motifs is 1. The molecule has 1 aromatic heterocycles. The van der Waals surface area contributed by atoms with E-state index in [1.807, 2.05) is 12.1 Å². The van der Waals surface area contributed by atoms with Gasteiger partial charge in [0, 0.05) is 18.8 Å². The van der Waals surface area contributed by atoms with Crippen LogP contribution in [-0.4, -0.2) is 18.2 Å². The van der Waals surface area contributed by atoms with Crippen molar-refractivity contribution in [2.45, 2.75) is 26.7 Å². The Hall–Kier alpha value is -1.97. The highest BCUT2D eigenvalue weighted by Crippen LogP contribution is 2.27. The highest BCUT2D eigenvalue weighted by Gasteiger charge is 2.09. The molecule has 0 amide bonds. The Kier molecular flexibility index (Phi) is 4.10. The van der Waals surface area contributed by atoms with Crippen molar-refractivity contribution >= 4 is 16.7 Å². The summed E-state index contributed by atoms with van der Waals surface area (Å²) in [6.07, 6.45) is 2.13. The fourth-order valence-corrected chi connectivity index (χ4v) is 2.24. The monoisotopic (exact) mass is 261 g/mol. The SMILES string of the molecule is CCCN(CCC)c1ccc2oc(=O)cc(O)c2c1. The summed E-state index contributed by atoms with van der Waals surface area (Å²) in [4.78, 5) is 13.5. The van der Waals surface area contributed by atoms with Crippen LogP contribution in [0.25, 0.3) is 11.0 Å². The molecule has 0 spiro atoms. The van der Waals surface area contributed by atoms with Crippen LogP contribution in [0.3, 0.4) is 0 Å². The van der Waals surface area contributed by atoms with E-state index >= 15 is 0 Å². The minimum absolute atomic E-state index is 0.0268. The molecule has 2 rings (SSSR count). The van der Waals surface area contributed by atoms with E-state index in [9.17, 15) is 9.90 Å². The molecule has 0 saturated carbocycles. The van der Waals surface area contributed by atoms with E-state index in [0.717, 1.165) is 37.7 Å². The van der Waals surface area contributed by atoms with Crippen LogP contribution >= 0.6 is 0 Å². The van der Waals surface area contributed by atoms with Gasteiger partial charge in [0.2, 0.25) is 0 Å². The predicted molar refractivity (Wildman–Crippen MR) is 76.9 cm³/mol. The lowest BCUT2D eigenvalue weighted by Gasteiger charge is -2.24. The van der Waals surface area contributed by atoms with E-state index in [2.05, 4.69) is 18.7 Å². The number of nitrogens with zero attached hydrogens (tertiary/aromatic N) is 1. The van der Waals surface area contributed by atoms with Gasteiger partial charge in [0.25, 0.3) is 0 Å². The van der Waals surface area contributed by atoms with Gasteiger partial charge in [0.05, 0.1) is 11.5 Å². The Balaban J connectivity index is 2.47. The minimum Gasteiger partial charge on any atom is -0.507 e. The second kappa shape index (κ2) is 5.78. The third kappa shape index (κ3) is 2.89. The first-order valence-electron chi connectivity index (χ1n) is 6.67. The number of benzene rings is 1. The van der Waals surface area contributed by atoms with E-state index in [-0.39, 0.29) is 5.75 Å². The van der Waals surface area contributed by atoms with Crippen molar-refractivity contribution in [1.82, 2.24) is 0 Å². The zero-order chi connectivity index (χ0) is 13.8. The lowest BCUT2D eigenvalue weighted by atomic mass is 10.1. The van der Waals surface area contributed by atoms with Gasteiger partial charge in [0.1, 0.15) is 11.3 Å². The summed E-state index contributed by atoms with van der Waals surface area (Å²) < 4.78 is 5.06. The molecule has 0 bridgehead atoms. The Labute approximate surface area is 112 Å². The largest absolute Gasteiger partial charge is 0.507 e. The zero-order valence-corrected chi connectivity index (χ0v) is 11.3. The summed E-state index contributed by atoms with van der Waals surface area (Å²) in [7, 11) is 0. The van der Waals surface area contributed by atoms with Crippen LogP contribution in [-0.2, 0) is 0 Å². The lowest BCUT2D eigenvalue weighted by Crippen LogP contribution is -2.24. The average Bonchev–Trinajstić information content (AvgIpc) is 2.38. The fraction of sp³-hybridized carbons (Fsp3) is 0.400. The van der Waals surface area contributed by atoms with Crippen LogP contribution in [0.2, 0.25) is 0 Å². The van der Waals surface area contributed by atoms with E-state index in [0.29, 0.717) is 11.0 Å². The van der Waals surface area contributed by atoms with E-state index < -0.39 is 5.63 Å². The molecule has 0 aliphatic rings. The molecule has 19 heavy (non-hydrogen) atoms. The second-order valence-corrected chi connectivity index (χ2v) is 4.62. The summed E-state index contributed by atoms with van der Waals surface area (Å²) >= 11 is 0. The first-order chi connectivity index (χ1) is 9.15. The normalized spacial score (nSPS) is 10.8. The van der Waals surface area contributed by atoms with Crippen molar-refractivity contribution in [3.8, 4) is 5.75 Å². The van der Waals surface area contributed by atoms with Crippen LogP contribution in [0.1, 0.15) is 26.7 Å². The van der Waals surface area contributed by atoms with Crippen molar-refractivity contribution in [1.29, 1.82) is 0 Å². The van der Waals surface area contributed by atoms with Crippen LogP contribution in [0.4, 0.5) is 5.69 Å². The third-order valence-electron chi connectivity index (χ3n) is 3.06. The van der Waals surface area contributed by atoms with Gasteiger partial charge >= 0.3 is 5.63 Å². The summed E-state index contributed by atoms with van der Waals surface area (Å²) in [5, 5.41) is 10.4. The molecule has 1 aromatic carbocycles. The number of hydrogen-bond acceptors (Lipinski definition) is 4. The maximum atomic E-state index is 11.2. The summed E-state index contributed by atoms with van der Waals surface area (Å²) in [6, 6.07) is 6.65.